The van der Waals surface area contributed by atoms with Crippen LogP contribution in [0.2, 0.25) is 0 Å². The Balaban J connectivity index is 1.74. The zero-order valence-corrected chi connectivity index (χ0v) is 15.9. The second kappa shape index (κ2) is 5.99. The zero-order chi connectivity index (χ0) is 16.8. The van der Waals surface area contributed by atoms with Crippen LogP contribution in [-0.4, -0.2) is 15.7 Å². The van der Waals surface area contributed by atoms with Crippen LogP contribution in [0.3, 0.4) is 0 Å². The van der Waals surface area contributed by atoms with Gasteiger partial charge in [0.25, 0.3) is 5.91 Å². The quantitative estimate of drug-likeness (QED) is 0.632. The molecular weight excluding hydrogens is 411 g/mol. The molecule has 4 heteroatoms. The smallest absolute Gasteiger partial charge is 0.267 e. The van der Waals surface area contributed by atoms with Gasteiger partial charge in [-0.1, -0.05) is 36.4 Å². The number of carbonyl (C=O) groups is 1. The summed E-state index contributed by atoms with van der Waals surface area (Å²) in [5.74, 6) is 0.588. The van der Waals surface area contributed by atoms with E-state index < -0.39 is 0 Å². The van der Waals surface area contributed by atoms with E-state index in [2.05, 4.69) is 58.0 Å². The molecule has 2 bridgehead atoms. The summed E-state index contributed by atoms with van der Waals surface area (Å²) >= 11 is 2.39. The van der Waals surface area contributed by atoms with Crippen molar-refractivity contribution >= 4 is 34.1 Å². The van der Waals surface area contributed by atoms with Crippen molar-refractivity contribution in [3.63, 3.8) is 0 Å². The second-order valence-corrected chi connectivity index (χ2v) is 7.79. The summed E-state index contributed by atoms with van der Waals surface area (Å²) < 4.78 is 2.77. The Morgan fingerprint density at radius 3 is 2.58 bits per heavy atom. The molecule has 3 aliphatic rings. The molecule has 24 heavy (non-hydrogen) atoms. The first-order chi connectivity index (χ1) is 11.6. The standard InChI is InChI=1S/C20H19IN2O/c1-12-10-13(2)23(22-12)20(24)18-15-8-9-16(19(18)21)17(11-15)14-6-4-3-5-7-14/h3-7,10-11,15-16H,8-9H2,1-2H3/t15-,16+/m1/s1. The fourth-order valence-electron chi connectivity index (χ4n) is 3.91. The van der Waals surface area contributed by atoms with Crippen molar-refractivity contribution < 1.29 is 4.79 Å². The van der Waals surface area contributed by atoms with Gasteiger partial charge >= 0.3 is 0 Å². The van der Waals surface area contributed by atoms with Crippen LogP contribution in [-0.2, 0) is 0 Å². The summed E-state index contributed by atoms with van der Waals surface area (Å²) in [5, 5.41) is 4.39. The van der Waals surface area contributed by atoms with E-state index in [1.807, 2.05) is 26.0 Å². The molecule has 2 aromatic rings. The van der Waals surface area contributed by atoms with E-state index in [1.54, 1.807) is 4.68 Å². The second-order valence-electron chi connectivity index (χ2n) is 6.63. The van der Waals surface area contributed by atoms with E-state index in [9.17, 15) is 4.79 Å². The summed E-state index contributed by atoms with van der Waals surface area (Å²) in [7, 11) is 0. The van der Waals surface area contributed by atoms with Crippen molar-refractivity contribution in [3.8, 4) is 0 Å². The number of hydrogen-bond donors (Lipinski definition) is 0. The maximum Gasteiger partial charge on any atom is 0.275 e. The lowest BCUT2D eigenvalue weighted by molar-refractivity contribution is 0.0922. The van der Waals surface area contributed by atoms with Gasteiger partial charge in [0.15, 0.2) is 0 Å². The molecule has 0 aliphatic heterocycles. The lowest BCUT2D eigenvalue weighted by atomic mass is 9.70. The Morgan fingerprint density at radius 1 is 1.21 bits per heavy atom. The van der Waals surface area contributed by atoms with Crippen LogP contribution in [0.25, 0.3) is 5.57 Å². The predicted molar refractivity (Wildman–Crippen MR) is 104 cm³/mol. The third-order valence-corrected chi connectivity index (χ3v) is 6.33. The molecular formula is C20H19IN2O. The molecule has 0 radical (unpaired) electrons. The average molecular weight is 430 g/mol. The number of aryl methyl sites for hydroxylation is 2. The third kappa shape index (κ3) is 2.48. The molecule has 1 heterocycles. The SMILES string of the molecule is Cc1cc(C)n(C(=O)C2=C(I)[C@H]3CC[C@@H]2C=C3c2ccccc2)n1. The van der Waals surface area contributed by atoms with Gasteiger partial charge in [0.2, 0.25) is 0 Å². The van der Waals surface area contributed by atoms with Crippen molar-refractivity contribution in [3.05, 3.63) is 68.6 Å². The summed E-state index contributed by atoms with van der Waals surface area (Å²) in [6, 6.07) is 12.5. The van der Waals surface area contributed by atoms with Gasteiger partial charge in [-0.15, -0.1) is 0 Å². The van der Waals surface area contributed by atoms with Gasteiger partial charge in [0.1, 0.15) is 0 Å². The number of fused-ring (bicyclic) bond motifs is 1. The lowest BCUT2D eigenvalue weighted by Gasteiger charge is -2.37. The van der Waals surface area contributed by atoms with E-state index in [1.165, 1.54) is 14.7 Å². The van der Waals surface area contributed by atoms with Crippen LogP contribution in [0, 0.1) is 25.7 Å². The number of hydrogen-bond acceptors (Lipinski definition) is 2. The van der Waals surface area contributed by atoms with Crippen LogP contribution in [0.15, 0.2) is 51.6 Å². The van der Waals surface area contributed by atoms with E-state index in [0.29, 0.717) is 5.92 Å². The van der Waals surface area contributed by atoms with Gasteiger partial charge in [-0.25, -0.2) is 4.68 Å². The van der Waals surface area contributed by atoms with E-state index in [4.69, 9.17) is 0 Å². The molecule has 0 saturated heterocycles. The lowest BCUT2D eigenvalue weighted by Crippen LogP contribution is -2.30. The number of rotatable bonds is 2. The highest BCUT2D eigenvalue weighted by molar-refractivity contribution is 14.1. The highest BCUT2D eigenvalue weighted by atomic mass is 127. The molecule has 3 aliphatic carbocycles. The minimum atomic E-state index is 0.0445. The fraction of sp³-hybridized carbons (Fsp3) is 0.300. The molecule has 3 nitrogen and oxygen atoms in total. The minimum absolute atomic E-state index is 0.0445. The molecule has 0 spiro atoms. The Kier molecular flexibility index (Phi) is 3.95. The maximum atomic E-state index is 13.1. The summed E-state index contributed by atoms with van der Waals surface area (Å²) in [5.41, 5.74) is 5.39. The monoisotopic (exact) mass is 430 g/mol. The molecule has 5 rings (SSSR count). The molecule has 122 valence electrons. The van der Waals surface area contributed by atoms with Crippen molar-refractivity contribution in [1.82, 2.24) is 9.78 Å². The molecule has 1 aromatic heterocycles. The normalized spacial score (nSPS) is 22.7. The number of nitrogens with zero attached hydrogens (tertiary/aromatic N) is 2. The highest BCUT2D eigenvalue weighted by Crippen LogP contribution is 2.50. The molecule has 0 fully saturated rings. The van der Waals surface area contributed by atoms with Crippen LogP contribution in [0.5, 0.6) is 0 Å². The van der Waals surface area contributed by atoms with Gasteiger partial charge in [0, 0.05) is 26.7 Å². The molecule has 0 N–H and O–H groups in total. The Hall–Kier alpha value is -1.69. The van der Waals surface area contributed by atoms with Gasteiger partial charge in [0.05, 0.1) is 5.69 Å². The predicted octanol–water partition coefficient (Wildman–Crippen LogP) is 4.95. The van der Waals surface area contributed by atoms with E-state index in [-0.39, 0.29) is 11.8 Å². The topological polar surface area (TPSA) is 34.9 Å². The molecule has 1 aromatic carbocycles. The fourth-order valence-corrected chi connectivity index (χ4v) is 5.19. The van der Waals surface area contributed by atoms with Crippen LogP contribution >= 0.6 is 22.6 Å². The highest BCUT2D eigenvalue weighted by Gasteiger charge is 2.39. The Bertz CT molecular complexity index is 876. The largest absolute Gasteiger partial charge is 0.275 e. The van der Waals surface area contributed by atoms with Crippen LogP contribution < -0.4 is 0 Å². The number of aromatic nitrogens is 2. The molecule has 0 unspecified atom stereocenters. The summed E-state index contributed by atoms with van der Waals surface area (Å²) in [6.07, 6.45) is 4.48. The van der Waals surface area contributed by atoms with Gasteiger partial charge in [-0.05, 0) is 66.5 Å². The first kappa shape index (κ1) is 15.8. The van der Waals surface area contributed by atoms with Crippen molar-refractivity contribution in [2.75, 3.05) is 0 Å². The van der Waals surface area contributed by atoms with Crippen molar-refractivity contribution in [1.29, 1.82) is 0 Å². The van der Waals surface area contributed by atoms with Crippen LogP contribution in [0.4, 0.5) is 0 Å². The Morgan fingerprint density at radius 2 is 1.96 bits per heavy atom. The summed E-state index contributed by atoms with van der Waals surface area (Å²) in [4.78, 5) is 13.1. The molecule has 0 amide bonds. The van der Waals surface area contributed by atoms with Crippen molar-refractivity contribution in [2.45, 2.75) is 26.7 Å². The van der Waals surface area contributed by atoms with Gasteiger partial charge < -0.3 is 0 Å². The van der Waals surface area contributed by atoms with E-state index >= 15 is 0 Å². The zero-order valence-electron chi connectivity index (χ0n) is 13.8. The minimum Gasteiger partial charge on any atom is -0.267 e. The number of benzene rings is 1. The first-order valence-electron chi connectivity index (χ1n) is 8.31. The first-order valence-corrected chi connectivity index (χ1v) is 9.39. The van der Waals surface area contributed by atoms with Gasteiger partial charge in [-0.3, -0.25) is 4.79 Å². The van der Waals surface area contributed by atoms with Crippen LogP contribution in [0.1, 0.15) is 34.6 Å². The van der Waals surface area contributed by atoms with E-state index in [0.717, 1.165) is 29.8 Å². The molecule has 2 atom stereocenters. The molecule has 0 saturated carbocycles. The third-order valence-electron chi connectivity index (χ3n) is 5.00. The average Bonchev–Trinajstić information content (AvgIpc) is 2.94. The van der Waals surface area contributed by atoms with Gasteiger partial charge in [-0.2, -0.15) is 5.10 Å². The maximum absolute atomic E-state index is 13.1. The van der Waals surface area contributed by atoms with Crippen molar-refractivity contribution in [2.24, 2.45) is 11.8 Å². The number of allylic oxidation sites excluding steroid dienone is 4. The number of halogens is 1. The number of carbonyl (C=O) groups excluding carboxylic acids is 1. The Labute approximate surface area is 155 Å². The summed E-state index contributed by atoms with van der Waals surface area (Å²) in [6.45, 7) is 3.87.